The fourth-order valence-electron chi connectivity index (χ4n) is 3.10. The van der Waals surface area contributed by atoms with Gasteiger partial charge in [-0.3, -0.25) is 4.79 Å². The number of nitrogens with zero attached hydrogens (tertiary/aromatic N) is 2. The van der Waals surface area contributed by atoms with E-state index < -0.39 is 15.9 Å². The van der Waals surface area contributed by atoms with Gasteiger partial charge in [-0.2, -0.15) is 4.31 Å². The van der Waals surface area contributed by atoms with E-state index in [2.05, 4.69) is 26.2 Å². The number of anilines is 1. The molecule has 1 fully saturated rings. The topological polar surface area (TPSA) is 79.4 Å². The molecule has 1 saturated heterocycles. The van der Waals surface area contributed by atoms with Crippen LogP contribution in [0.15, 0.2) is 39.0 Å². The number of thiophene rings is 1. The third kappa shape index (κ3) is 4.12. The van der Waals surface area contributed by atoms with E-state index in [0.29, 0.717) is 28.9 Å². The zero-order chi connectivity index (χ0) is 19.9. The zero-order valence-corrected chi connectivity index (χ0v) is 19.2. The number of fused-ring (bicyclic) bond motifs is 1. The molecule has 2 aromatic heterocycles. The first-order valence-electron chi connectivity index (χ1n) is 8.45. The fraction of sp³-hybridized carbons (Fsp3) is 0.294. The number of rotatable bonds is 4. The van der Waals surface area contributed by atoms with Gasteiger partial charge in [-0.05, 0) is 43.2 Å². The number of carbonyl (C=O) groups is 1. The monoisotopic (exact) mass is 519 g/mol. The lowest BCUT2D eigenvalue weighted by Gasteiger charge is -2.30. The van der Waals surface area contributed by atoms with Crippen LogP contribution in [0.3, 0.4) is 0 Å². The van der Waals surface area contributed by atoms with Crippen molar-refractivity contribution in [2.24, 2.45) is 5.92 Å². The minimum Gasteiger partial charge on any atom is -0.302 e. The summed E-state index contributed by atoms with van der Waals surface area (Å²) in [6.07, 6.45) is 1.27. The third-order valence-electron chi connectivity index (χ3n) is 4.48. The summed E-state index contributed by atoms with van der Waals surface area (Å²) in [5, 5.41) is 3.37. The molecule has 0 saturated carbocycles. The number of thiazole rings is 1. The molecule has 11 heteroatoms. The summed E-state index contributed by atoms with van der Waals surface area (Å²) < 4.78 is 29.5. The Morgan fingerprint density at radius 3 is 2.86 bits per heavy atom. The second-order valence-electron chi connectivity index (χ2n) is 6.38. The Morgan fingerprint density at radius 2 is 2.11 bits per heavy atom. The van der Waals surface area contributed by atoms with Crippen LogP contribution in [-0.4, -0.2) is 36.7 Å². The van der Waals surface area contributed by atoms with E-state index in [9.17, 15) is 13.2 Å². The maximum absolute atomic E-state index is 12.8. The Bertz CT molecular complexity index is 1140. The van der Waals surface area contributed by atoms with Crippen LogP contribution >= 0.6 is 50.2 Å². The summed E-state index contributed by atoms with van der Waals surface area (Å²) in [5.41, 5.74) is 0.811. The lowest BCUT2D eigenvalue weighted by molar-refractivity contribution is -0.120. The summed E-state index contributed by atoms with van der Waals surface area (Å²) in [7, 11) is -3.64. The summed E-state index contributed by atoms with van der Waals surface area (Å²) >= 11 is 11.7. The Kier molecular flexibility index (Phi) is 5.78. The molecule has 6 nitrogen and oxygen atoms in total. The minimum absolute atomic E-state index is 0.153. The maximum atomic E-state index is 12.8. The van der Waals surface area contributed by atoms with Crippen molar-refractivity contribution in [1.29, 1.82) is 0 Å². The fourth-order valence-corrected chi connectivity index (χ4v) is 7.68. The first-order chi connectivity index (χ1) is 13.3. The molecule has 148 valence electrons. The molecule has 1 amide bonds. The van der Waals surface area contributed by atoms with Crippen molar-refractivity contribution in [3.05, 3.63) is 39.1 Å². The van der Waals surface area contributed by atoms with Gasteiger partial charge < -0.3 is 5.32 Å². The van der Waals surface area contributed by atoms with Crippen LogP contribution in [0.5, 0.6) is 0 Å². The summed E-state index contributed by atoms with van der Waals surface area (Å²) in [6, 6.07) is 8.80. The van der Waals surface area contributed by atoms with Crippen molar-refractivity contribution < 1.29 is 13.2 Å². The van der Waals surface area contributed by atoms with Crippen LogP contribution < -0.4 is 5.32 Å². The summed E-state index contributed by atoms with van der Waals surface area (Å²) in [5.74, 6) is -0.625. The molecule has 0 radical (unpaired) electrons. The van der Waals surface area contributed by atoms with E-state index in [0.717, 1.165) is 26.0 Å². The molecule has 4 rings (SSSR count). The molecular formula is C17H15BrClN3O3S3. The highest BCUT2D eigenvalue weighted by Crippen LogP contribution is 2.32. The summed E-state index contributed by atoms with van der Waals surface area (Å²) in [6.45, 7) is 0.553. The molecule has 1 unspecified atom stereocenters. The van der Waals surface area contributed by atoms with E-state index in [1.165, 1.54) is 21.7 Å². The van der Waals surface area contributed by atoms with Crippen molar-refractivity contribution in [2.45, 2.75) is 17.1 Å². The van der Waals surface area contributed by atoms with Gasteiger partial charge in [-0.15, -0.1) is 11.3 Å². The van der Waals surface area contributed by atoms with Crippen LogP contribution in [0.1, 0.15) is 12.8 Å². The molecule has 1 aromatic carbocycles. The maximum Gasteiger partial charge on any atom is 0.252 e. The summed E-state index contributed by atoms with van der Waals surface area (Å²) in [4.78, 5) is 17.2. The Labute approximate surface area is 183 Å². The largest absolute Gasteiger partial charge is 0.302 e. The smallest absolute Gasteiger partial charge is 0.252 e. The number of aromatic nitrogens is 1. The SMILES string of the molecule is O=C(Nc1nc2ccc(Br)cc2s1)C1CCCN(S(=O)(=O)c2ccc(Cl)s2)C1. The quantitative estimate of drug-likeness (QED) is 0.535. The Morgan fingerprint density at radius 1 is 1.29 bits per heavy atom. The van der Waals surface area contributed by atoms with Gasteiger partial charge in [0.2, 0.25) is 5.91 Å². The van der Waals surface area contributed by atoms with Crippen molar-refractivity contribution in [2.75, 3.05) is 18.4 Å². The lowest BCUT2D eigenvalue weighted by Crippen LogP contribution is -2.43. The Balaban J connectivity index is 1.48. The molecule has 1 aliphatic rings. The average Bonchev–Trinajstić information content (AvgIpc) is 3.27. The molecule has 3 aromatic rings. The second-order valence-corrected chi connectivity index (χ2v) is 12.2. The number of amides is 1. The van der Waals surface area contributed by atoms with Gasteiger partial charge in [0.1, 0.15) is 4.21 Å². The first-order valence-corrected chi connectivity index (χ1v) is 12.7. The van der Waals surface area contributed by atoms with E-state index in [-0.39, 0.29) is 16.7 Å². The second kappa shape index (κ2) is 8.00. The van der Waals surface area contributed by atoms with Crippen LogP contribution in [-0.2, 0) is 14.8 Å². The number of benzene rings is 1. The number of carbonyl (C=O) groups excluding carboxylic acids is 1. The third-order valence-corrected chi connectivity index (χ3v) is 9.47. The number of sulfonamides is 1. The standard InChI is InChI=1S/C17H15BrClN3O3S3/c18-11-3-4-12-13(8-11)26-17(20-12)21-16(23)10-2-1-7-22(9-10)28(24,25)15-6-5-14(19)27-15/h3-6,8,10H,1-2,7,9H2,(H,20,21,23). The van der Waals surface area contributed by atoms with Gasteiger partial charge in [0.25, 0.3) is 10.0 Å². The predicted molar refractivity (Wildman–Crippen MR) is 117 cm³/mol. The van der Waals surface area contributed by atoms with E-state index in [4.69, 9.17) is 11.6 Å². The van der Waals surface area contributed by atoms with E-state index >= 15 is 0 Å². The van der Waals surface area contributed by atoms with Crippen LogP contribution in [0.25, 0.3) is 10.2 Å². The first kappa shape index (κ1) is 20.2. The predicted octanol–water partition coefficient (Wildman–Crippen LogP) is 4.81. The number of halogens is 2. The van der Waals surface area contributed by atoms with Crippen molar-refractivity contribution >= 4 is 81.5 Å². The van der Waals surface area contributed by atoms with Crippen molar-refractivity contribution in [3.8, 4) is 0 Å². The molecular weight excluding hydrogens is 506 g/mol. The van der Waals surface area contributed by atoms with Gasteiger partial charge in [-0.1, -0.05) is 38.9 Å². The average molecular weight is 521 g/mol. The highest BCUT2D eigenvalue weighted by atomic mass is 79.9. The van der Waals surface area contributed by atoms with Crippen LogP contribution in [0.4, 0.5) is 5.13 Å². The van der Waals surface area contributed by atoms with Gasteiger partial charge in [0, 0.05) is 17.6 Å². The van der Waals surface area contributed by atoms with E-state index in [1.54, 1.807) is 6.07 Å². The molecule has 1 atom stereocenters. The minimum atomic E-state index is -3.64. The molecule has 0 bridgehead atoms. The van der Waals surface area contributed by atoms with Gasteiger partial charge in [-0.25, -0.2) is 13.4 Å². The van der Waals surface area contributed by atoms with Crippen molar-refractivity contribution in [1.82, 2.24) is 9.29 Å². The number of nitrogens with one attached hydrogen (secondary N) is 1. The number of hydrogen-bond donors (Lipinski definition) is 1. The highest BCUT2D eigenvalue weighted by Gasteiger charge is 2.34. The number of piperidine rings is 1. The molecule has 0 spiro atoms. The molecule has 0 aliphatic carbocycles. The van der Waals surface area contributed by atoms with Gasteiger partial charge in [0.05, 0.1) is 20.5 Å². The molecule has 1 aliphatic heterocycles. The Hall–Kier alpha value is -1.04. The van der Waals surface area contributed by atoms with E-state index in [1.807, 2.05) is 18.2 Å². The number of hydrogen-bond acceptors (Lipinski definition) is 6. The highest BCUT2D eigenvalue weighted by molar-refractivity contribution is 9.10. The van der Waals surface area contributed by atoms with Crippen LogP contribution in [0, 0.1) is 5.92 Å². The molecule has 28 heavy (non-hydrogen) atoms. The van der Waals surface area contributed by atoms with Crippen molar-refractivity contribution in [3.63, 3.8) is 0 Å². The van der Waals surface area contributed by atoms with Gasteiger partial charge in [0.15, 0.2) is 5.13 Å². The molecule has 3 heterocycles. The van der Waals surface area contributed by atoms with Crippen LogP contribution in [0.2, 0.25) is 4.34 Å². The molecule has 1 N–H and O–H groups in total. The normalized spacial score (nSPS) is 18.4. The van der Waals surface area contributed by atoms with Gasteiger partial charge >= 0.3 is 0 Å². The zero-order valence-electron chi connectivity index (χ0n) is 14.4. The lowest BCUT2D eigenvalue weighted by atomic mass is 9.99.